The van der Waals surface area contributed by atoms with Crippen molar-refractivity contribution >= 4 is 17.9 Å². The average molecular weight is 549 g/mol. The molecule has 1 fully saturated rings. The molecule has 0 spiro atoms. The fourth-order valence-electron chi connectivity index (χ4n) is 5.31. The molecule has 214 valence electrons. The Morgan fingerprint density at radius 1 is 1.20 bits per heavy atom. The zero-order chi connectivity index (χ0) is 28.5. The highest BCUT2D eigenvalue weighted by atomic mass is 16.5. The van der Waals surface area contributed by atoms with Crippen LogP contribution in [0.15, 0.2) is 67.3 Å². The lowest BCUT2D eigenvalue weighted by molar-refractivity contribution is -0.135. The number of carbonyl (C=O) groups is 3. The first-order chi connectivity index (χ1) is 19.4. The molecule has 2 heterocycles. The Bertz CT molecular complexity index is 1170. The van der Waals surface area contributed by atoms with Crippen LogP contribution in [0.25, 0.3) is 0 Å². The summed E-state index contributed by atoms with van der Waals surface area (Å²) in [5.41, 5.74) is 1.82. The van der Waals surface area contributed by atoms with Crippen molar-refractivity contribution in [2.75, 3.05) is 46.9 Å². The molecule has 9 heteroatoms. The molecule has 0 aromatic heterocycles. The number of nitrogens with zero attached hydrogens (tertiary/aromatic N) is 3. The van der Waals surface area contributed by atoms with E-state index in [1.807, 2.05) is 35.2 Å². The van der Waals surface area contributed by atoms with Crippen molar-refractivity contribution in [2.24, 2.45) is 0 Å². The molecule has 0 unspecified atom stereocenters. The van der Waals surface area contributed by atoms with Gasteiger partial charge in [-0.2, -0.15) is 0 Å². The van der Waals surface area contributed by atoms with Crippen molar-refractivity contribution in [1.29, 1.82) is 0 Å². The van der Waals surface area contributed by atoms with E-state index in [2.05, 4.69) is 36.0 Å². The SMILES string of the molecule is C=CCOC(=O)N[C@H]1CCCN(C)C(=O)c2cccc(c2)OC[C@@H]2C[C@H](N(C)CCc3ccccc3)CN2C1=O. The average Bonchev–Trinajstić information content (AvgIpc) is 3.41. The summed E-state index contributed by atoms with van der Waals surface area (Å²) < 4.78 is 11.3. The number of rotatable bonds is 7. The van der Waals surface area contributed by atoms with Gasteiger partial charge in [-0.3, -0.25) is 9.59 Å². The van der Waals surface area contributed by atoms with E-state index in [0.29, 0.717) is 37.2 Å². The number of hydrogen-bond acceptors (Lipinski definition) is 6. The second-order valence-electron chi connectivity index (χ2n) is 10.5. The zero-order valence-corrected chi connectivity index (χ0v) is 23.5. The molecule has 2 aromatic rings. The van der Waals surface area contributed by atoms with Crippen LogP contribution in [0, 0.1) is 0 Å². The van der Waals surface area contributed by atoms with Crippen LogP contribution >= 0.6 is 0 Å². The lowest BCUT2D eigenvalue weighted by atomic mass is 10.1. The Balaban J connectivity index is 1.54. The molecule has 2 bridgehead atoms. The van der Waals surface area contributed by atoms with Crippen molar-refractivity contribution in [3.63, 3.8) is 0 Å². The van der Waals surface area contributed by atoms with Gasteiger partial charge in [0.1, 0.15) is 25.0 Å². The molecule has 9 nitrogen and oxygen atoms in total. The van der Waals surface area contributed by atoms with Crippen LogP contribution in [-0.4, -0.2) is 97.7 Å². The minimum atomic E-state index is -0.780. The largest absolute Gasteiger partial charge is 0.491 e. The predicted molar refractivity (Wildman–Crippen MR) is 153 cm³/mol. The molecule has 1 saturated heterocycles. The molecule has 2 aromatic carbocycles. The summed E-state index contributed by atoms with van der Waals surface area (Å²) in [5, 5.41) is 2.76. The molecule has 0 radical (unpaired) electrons. The highest BCUT2D eigenvalue weighted by molar-refractivity contribution is 5.94. The molecule has 2 aliphatic rings. The maximum atomic E-state index is 14.0. The highest BCUT2D eigenvalue weighted by Gasteiger charge is 2.40. The van der Waals surface area contributed by atoms with Gasteiger partial charge in [0.15, 0.2) is 0 Å². The Kier molecular flexibility index (Phi) is 10.2. The number of hydrogen-bond donors (Lipinski definition) is 1. The molecule has 2 aliphatic heterocycles. The molecular weight excluding hydrogens is 508 g/mol. The number of ether oxygens (including phenoxy) is 2. The summed E-state index contributed by atoms with van der Waals surface area (Å²) in [6, 6.07) is 16.7. The first-order valence-corrected chi connectivity index (χ1v) is 13.9. The van der Waals surface area contributed by atoms with E-state index < -0.39 is 12.1 Å². The van der Waals surface area contributed by atoms with Gasteiger partial charge < -0.3 is 29.5 Å². The van der Waals surface area contributed by atoms with Crippen LogP contribution in [0.1, 0.15) is 35.2 Å². The number of nitrogens with one attached hydrogen (secondary N) is 1. The van der Waals surface area contributed by atoms with Crippen LogP contribution < -0.4 is 10.1 Å². The fraction of sp³-hybridized carbons (Fsp3) is 0.452. The summed E-state index contributed by atoms with van der Waals surface area (Å²) in [7, 11) is 3.83. The van der Waals surface area contributed by atoms with Gasteiger partial charge >= 0.3 is 6.09 Å². The van der Waals surface area contributed by atoms with Crippen molar-refractivity contribution in [2.45, 2.75) is 43.8 Å². The van der Waals surface area contributed by atoms with Gasteiger partial charge in [0.25, 0.3) is 5.91 Å². The van der Waals surface area contributed by atoms with Gasteiger partial charge in [0, 0.05) is 38.3 Å². The Hall–Kier alpha value is -3.85. The van der Waals surface area contributed by atoms with Gasteiger partial charge in [0.2, 0.25) is 5.91 Å². The Labute approximate surface area is 236 Å². The van der Waals surface area contributed by atoms with E-state index in [-0.39, 0.29) is 37.1 Å². The molecular formula is C31H40N4O5. The van der Waals surface area contributed by atoms with Crippen molar-refractivity contribution in [1.82, 2.24) is 20.0 Å². The van der Waals surface area contributed by atoms with E-state index in [0.717, 1.165) is 19.4 Å². The normalized spacial score (nSPS) is 21.8. The molecule has 3 amide bonds. The molecule has 40 heavy (non-hydrogen) atoms. The van der Waals surface area contributed by atoms with Gasteiger partial charge in [-0.25, -0.2) is 4.79 Å². The molecule has 4 rings (SSSR count). The van der Waals surface area contributed by atoms with E-state index in [1.165, 1.54) is 11.6 Å². The first-order valence-electron chi connectivity index (χ1n) is 13.9. The Morgan fingerprint density at radius 2 is 2.00 bits per heavy atom. The fourth-order valence-corrected chi connectivity index (χ4v) is 5.31. The minimum absolute atomic E-state index is 0.0518. The minimum Gasteiger partial charge on any atom is -0.491 e. The quantitative estimate of drug-likeness (QED) is 0.534. The van der Waals surface area contributed by atoms with E-state index in [1.54, 1.807) is 24.1 Å². The van der Waals surface area contributed by atoms with Crippen LogP contribution in [-0.2, 0) is 16.0 Å². The zero-order valence-electron chi connectivity index (χ0n) is 23.5. The smallest absolute Gasteiger partial charge is 0.408 e. The number of alkyl carbamates (subject to hydrolysis) is 1. The highest BCUT2D eigenvalue weighted by Crippen LogP contribution is 2.26. The number of likely N-dealkylation sites (N-methyl/N-ethyl adjacent to an activating group) is 1. The van der Waals surface area contributed by atoms with Gasteiger partial charge in [-0.05, 0) is 56.5 Å². The van der Waals surface area contributed by atoms with Crippen LogP contribution in [0.4, 0.5) is 4.79 Å². The number of benzene rings is 2. The second kappa shape index (κ2) is 14.0. The van der Waals surface area contributed by atoms with Gasteiger partial charge in [0.05, 0.1) is 6.04 Å². The lowest BCUT2D eigenvalue weighted by Crippen LogP contribution is -2.52. The first kappa shape index (κ1) is 29.1. The summed E-state index contributed by atoms with van der Waals surface area (Å²) in [4.78, 5) is 45.2. The van der Waals surface area contributed by atoms with Crippen LogP contribution in [0.3, 0.4) is 0 Å². The van der Waals surface area contributed by atoms with E-state index in [9.17, 15) is 14.4 Å². The predicted octanol–water partition coefficient (Wildman–Crippen LogP) is 3.36. The summed E-state index contributed by atoms with van der Waals surface area (Å²) in [5.74, 6) is 0.307. The molecule has 1 N–H and O–H groups in total. The van der Waals surface area contributed by atoms with E-state index >= 15 is 0 Å². The monoisotopic (exact) mass is 548 g/mol. The maximum Gasteiger partial charge on any atom is 0.408 e. The number of fused-ring (bicyclic) bond motifs is 3. The number of amides is 3. The standard InChI is InChI=1S/C31H40N4O5/c1-4-18-39-31(38)32-28-14-9-16-34(3)29(36)24-12-8-13-27(19-24)40-22-26-20-25(21-35(26)30(28)37)33(2)17-15-23-10-6-5-7-11-23/h4-8,10-13,19,25-26,28H,1,9,14-18,20-22H2,2-3H3,(H,32,38)/t25-,26-,28-/m0/s1. The third-order valence-corrected chi connectivity index (χ3v) is 7.67. The van der Waals surface area contributed by atoms with Gasteiger partial charge in [-0.15, -0.1) is 0 Å². The van der Waals surface area contributed by atoms with Crippen LogP contribution in [0.2, 0.25) is 0 Å². The second-order valence-corrected chi connectivity index (χ2v) is 10.5. The molecule has 0 saturated carbocycles. The van der Waals surface area contributed by atoms with Crippen molar-refractivity contribution < 1.29 is 23.9 Å². The third kappa shape index (κ3) is 7.63. The van der Waals surface area contributed by atoms with Crippen molar-refractivity contribution in [3.05, 3.63) is 78.4 Å². The lowest BCUT2D eigenvalue weighted by Gasteiger charge is -2.30. The van der Waals surface area contributed by atoms with E-state index in [4.69, 9.17) is 9.47 Å². The Morgan fingerprint density at radius 3 is 2.77 bits per heavy atom. The maximum absolute atomic E-state index is 14.0. The third-order valence-electron chi connectivity index (χ3n) is 7.67. The number of carbonyl (C=O) groups excluding carboxylic acids is 3. The summed E-state index contributed by atoms with van der Waals surface area (Å²) >= 11 is 0. The summed E-state index contributed by atoms with van der Waals surface area (Å²) in [6.07, 6.45) is 3.38. The molecule has 0 aliphatic carbocycles. The van der Waals surface area contributed by atoms with Crippen LogP contribution in [0.5, 0.6) is 5.75 Å². The van der Waals surface area contributed by atoms with Gasteiger partial charge in [-0.1, -0.05) is 49.1 Å². The molecule has 3 atom stereocenters. The van der Waals surface area contributed by atoms with Crippen molar-refractivity contribution in [3.8, 4) is 5.75 Å². The topological polar surface area (TPSA) is 91.4 Å². The summed E-state index contributed by atoms with van der Waals surface area (Å²) in [6.45, 7) is 5.74.